The lowest BCUT2D eigenvalue weighted by Gasteiger charge is -2.05. The molecule has 1 aromatic heterocycles. The molecule has 2 N–H and O–H groups in total. The van der Waals surface area contributed by atoms with Crippen molar-refractivity contribution in [2.75, 3.05) is 0 Å². The summed E-state index contributed by atoms with van der Waals surface area (Å²) in [6.07, 6.45) is 0. The fourth-order valence-corrected chi connectivity index (χ4v) is 3.23. The summed E-state index contributed by atoms with van der Waals surface area (Å²) in [6.45, 7) is 2.04. The van der Waals surface area contributed by atoms with E-state index in [4.69, 9.17) is 0 Å². The highest BCUT2D eigenvalue weighted by molar-refractivity contribution is 9.10. The van der Waals surface area contributed by atoms with Gasteiger partial charge in [-0.1, -0.05) is 17.7 Å². The van der Waals surface area contributed by atoms with Gasteiger partial charge in [-0.25, -0.2) is 0 Å². The summed E-state index contributed by atoms with van der Waals surface area (Å²) in [7, 11) is 0. The van der Waals surface area contributed by atoms with Crippen molar-refractivity contribution in [2.45, 2.75) is 11.8 Å². The molecular weight excluding hydrogens is 332 g/mol. The van der Waals surface area contributed by atoms with Gasteiger partial charge in [0.15, 0.2) is 0 Å². The van der Waals surface area contributed by atoms with Crippen LogP contribution in [0.1, 0.15) is 15.2 Å². The van der Waals surface area contributed by atoms with E-state index in [2.05, 4.69) is 26.2 Å². The van der Waals surface area contributed by atoms with E-state index in [0.29, 0.717) is 4.88 Å². The number of amides is 1. The molecule has 6 heteroatoms. The molecule has 1 heterocycles. The van der Waals surface area contributed by atoms with Gasteiger partial charge in [-0.15, -0.1) is 11.3 Å². The Labute approximate surface area is 122 Å². The summed E-state index contributed by atoms with van der Waals surface area (Å²) in [6, 6.07) is 9.91. The third-order valence-corrected chi connectivity index (χ3v) is 4.73. The quantitative estimate of drug-likeness (QED) is 0.656. The molecule has 0 aliphatic rings. The van der Waals surface area contributed by atoms with Crippen LogP contribution in [0.4, 0.5) is 0 Å². The Morgan fingerprint density at radius 1 is 1.28 bits per heavy atom. The third kappa shape index (κ3) is 3.58. The van der Waals surface area contributed by atoms with Crippen molar-refractivity contribution < 1.29 is 4.79 Å². The van der Waals surface area contributed by atoms with E-state index in [1.54, 1.807) is 0 Å². The van der Waals surface area contributed by atoms with Gasteiger partial charge in [0.25, 0.3) is 5.91 Å². The lowest BCUT2D eigenvalue weighted by Crippen LogP contribution is -2.32. The highest BCUT2D eigenvalue weighted by atomic mass is 79.9. The van der Waals surface area contributed by atoms with Crippen LogP contribution in [0, 0.1) is 6.92 Å². The molecule has 3 nitrogen and oxygen atoms in total. The molecule has 0 radical (unpaired) electrons. The fraction of sp³-hybridized carbons (Fsp3) is 0.0833. The summed E-state index contributed by atoms with van der Waals surface area (Å²) >= 11 is 6.09. The zero-order chi connectivity index (χ0) is 13.0. The number of aryl methyl sites for hydroxylation is 1. The third-order valence-electron chi connectivity index (χ3n) is 2.18. The van der Waals surface area contributed by atoms with E-state index in [1.807, 2.05) is 42.6 Å². The Morgan fingerprint density at radius 3 is 2.61 bits per heavy atom. The van der Waals surface area contributed by atoms with E-state index >= 15 is 0 Å². The molecule has 1 amide bonds. The minimum atomic E-state index is -0.142. The van der Waals surface area contributed by atoms with Gasteiger partial charge in [0, 0.05) is 9.37 Å². The summed E-state index contributed by atoms with van der Waals surface area (Å²) in [5.41, 5.74) is 3.86. The molecule has 94 valence electrons. The zero-order valence-corrected chi connectivity index (χ0v) is 12.8. The van der Waals surface area contributed by atoms with E-state index in [1.165, 1.54) is 28.8 Å². The van der Waals surface area contributed by atoms with Crippen LogP contribution >= 0.6 is 39.2 Å². The molecule has 1 aromatic carbocycles. The maximum Gasteiger partial charge on any atom is 0.277 e. The number of rotatable bonds is 4. The molecule has 0 atom stereocenters. The maximum absolute atomic E-state index is 11.8. The number of hydrogen-bond donors (Lipinski definition) is 2. The first-order valence-electron chi connectivity index (χ1n) is 5.18. The fourth-order valence-electron chi connectivity index (χ4n) is 1.25. The lowest BCUT2D eigenvalue weighted by atomic mass is 10.2. The predicted octanol–water partition coefficient (Wildman–Crippen LogP) is 3.76. The Morgan fingerprint density at radius 2 is 2.00 bits per heavy atom. The monoisotopic (exact) mass is 342 g/mol. The van der Waals surface area contributed by atoms with Crippen LogP contribution in [0.3, 0.4) is 0 Å². The van der Waals surface area contributed by atoms with Crippen molar-refractivity contribution in [1.82, 2.24) is 10.3 Å². The average Bonchev–Trinajstić information content (AvgIpc) is 2.78. The van der Waals surface area contributed by atoms with Gasteiger partial charge in [0.1, 0.15) is 4.88 Å². The normalized spacial score (nSPS) is 10.3. The van der Waals surface area contributed by atoms with Gasteiger partial charge in [-0.05, 0) is 58.4 Å². The van der Waals surface area contributed by atoms with Crippen LogP contribution in [-0.4, -0.2) is 5.91 Å². The van der Waals surface area contributed by atoms with Crippen LogP contribution in [0.15, 0.2) is 45.1 Å². The first-order chi connectivity index (χ1) is 8.66. The van der Waals surface area contributed by atoms with Gasteiger partial charge >= 0.3 is 0 Å². The van der Waals surface area contributed by atoms with Crippen LogP contribution in [-0.2, 0) is 0 Å². The SMILES string of the molecule is Cc1ccc(SNNC(=O)c2sccc2Br)cc1. The lowest BCUT2D eigenvalue weighted by molar-refractivity contribution is 0.0950. The molecule has 0 saturated carbocycles. The number of benzene rings is 1. The minimum absolute atomic E-state index is 0.142. The smallest absolute Gasteiger partial charge is 0.277 e. The molecule has 0 aliphatic carbocycles. The molecule has 0 saturated heterocycles. The number of carbonyl (C=O) groups is 1. The number of hydrazine groups is 1. The topological polar surface area (TPSA) is 41.1 Å². The maximum atomic E-state index is 11.8. The predicted molar refractivity (Wildman–Crippen MR) is 79.7 cm³/mol. The molecule has 0 fully saturated rings. The highest BCUT2D eigenvalue weighted by Gasteiger charge is 2.10. The summed E-state index contributed by atoms with van der Waals surface area (Å²) in [5, 5.41) is 1.87. The Hall–Kier alpha value is -0.820. The van der Waals surface area contributed by atoms with Gasteiger partial charge in [-0.2, -0.15) is 4.83 Å². The summed E-state index contributed by atoms with van der Waals surface area (Å²) in [5.74, 6) is -0.142. The second-order valence-electron chi connectivity index (χ2n) is 3.57. The van der Waals surface area contributed by atoms with E-state index < -0.39 is 0 Å². The minimum Gasteiger partial charge on any atom is -0.277 e. The van der Waals surface area contributed by atoms with E-state index in [-0.39, 0.29) is 5.91 Å². The molecular formula is C12H11BrN2OS2. The molecule has 0 unspecified atom stereocenters. The summed E-state index contributed by atoms with van der Waals surface area (Å²) in [4.78, 5) is 16.3. The number of thiophene rings is 1. The van der Waals surface area contributed by atoms with Crippen LogP contribution < -0.4 is 10.3 Å². The average molecular weight is 343 g/mol. The Bertz CT molecular complexity index is 539. The zero-order valence-electron chi connectivity index (χ0n) is 9.57. The molecule has 0 spiro atoms. The number of nitrogens with one attached hydrogen (secondary N) is 2. The van der Waals surface area contributed by atoms with Crippen molar-refractivity contribution in [3.63, 3.8) is 0 Å². The van der Waals surface area contributed by atoms with Gasteiger partial charge in [0.2, 0.25) is 0 Å². The second-order valence-corrected chi connectivity index (χ2v) is 6.22. The van der Waals surface area contributed by atoms with Crippen molar-refractivity contribution >= 4 is 45.1 Å². The molecule has 2 rings (SSSR count). The van der Waals surface area contributed by atoms with Crippen molar-refractivity contribution in [3.05, 3.63) is 50.6 Å². The highest BCUT2D eigenvalue weighted by Crippen LogP contribution is 2.22. The Balaban J connectivity index is 1.84. The molecule has 2 aromatic rings. The van der Waals surface area contributed by atoms with Crippen molar-refractivity contribution in [2.24, 2.45) is 0 Å². The molecule has 0 bridgehead atoms. The van der Waals surface area contributed by atoms with Gasteiger partial charge in [-0.3, -0.25) is 10.2 Å². The molecule has 0 aliphatic heterocycles. The number of hydrogen-bond acceptors (Lipinski definition) is 4. The first-order valence-corrected chi connectivity index (χ1v) is 7.67. The summed E-state index contributed by atoms with van der Waals surface area (Å²) < 4.78 is 0.812. The molecule has 18 heavy (non-hydrogen) atoms. The second kappa shape index (κ2) is 6.38. The van der Waals surface area contributed by atoms with Crippen LogP contribution in [0.5, 0.6) is 0 Å². The Kier molecular flexibility index (Phi) is 4.82. The largest absolute Gasteiger partial charge is 0.277 e. The number of halogens is 1. The van der Waals surface area contributed by atoms with Crippen LogP contribution in [0.2, 0.25) is 0 Å². The van der Waals surface area contributed by atoms with E-state index in [9.17, 15) is 4.79 Å². The first kappa shape index (κ1) is 13.6. The van der Waals surface area contributed by atoms with Crippen molar-refractivity contribution in [3.8, 4) is 0 Å². The van der Waals surface area contributed by atoms with Gasteiger partial charge < -0.3 is 0 Å². The van der Waals surface area contributed by atoms with Gasteiger partial charge in [0.05, 0.1) is 0 Å². The standard InChI is InChI=1S/C12H11BrN2OS2/c1-8-2-4-9(5-3-8)18-15-14-12(16)11-10(13)6-7-17-11/h2-7,15H,1H3,(H,14,16). The van der Waals surface area contributed by atoms with E-state index in [0.717, 1.165) is 9.37 Å². The van der Waals surface area contributed by atoms with Crippen molar-refractivity contribution in [1.29, 1.82) is 0 Å². The number of carbonyl (C=O) groups excluding carboxylic acids is 1. The van der Waals surface area contributed by atoms with Crippen LogP contribution in [0.25, 0.3) is 0 Å².